The van der Waals surface area contributed by atoms with Crippen molar-refractivity contribution in [2.24, 2.45) is 29.6 Å². The van der Waals surface area contributed by atoms with Crippen LogP contribution in [-0.2, 0) is 30.3 Å². The number of nitrogens with one attached hydrogen (secondary N) is 1. The van der Waals surface area contributed by atoms with E-state index in [4.69, 9.17) is 33.1 Å². The minimum Gasteiger partial charge on any atom is -0.505 e. The first-order chi connectivity index (χ1) is 30.9. The number of aliphatic hydroxyl groups is 1. The fraction of sp³-hybridized carbons (Fsp3) is 0.429. The van der Waals surface area contributed by atoms with E-state index in [0.717, 1.165) is 0 Å². The Morgan fingerprint density at radius 1 is 1.02 bits per heavy atom. The fourth-order valence-corrected chi connectivity index (χ4v) is 8.78. The molecule has 2 aliphatic rings. The molecule has 2 aliphatic heterocycles. The Hall–Kier alpha value is -6.52. The molecule has 16 heteroatoms. The topological polar surface area (TPSA) is 211 Å². The molecule has 7 rings (SSSR count). The maximum absolute atomic E-state index is 14.7. The van der Waals surface area contributed by atoms with E-state index in [2.05, 4.69) is 10.3 Å². The zero-order chi connectivity index (χ0) is 47.1. The molecule has 0 saturated carbocycles. The van der Waals surface area contributed by atoms with Gasteiger partial charge in [0.05, 0.1) is 42.3 Å². The van der Waals surface area contributed by atoms with E-state index < -0.39 is 58.9 Å². The van der Waals surface area contributed by atoms with Crippen molar-refractivity contribution < 1.29 is 52.7 Å². The Kier molecular flexibility index (Phi) is 13.2. The van der Waals surface area contributed by atoms with Crippen LogP contribution in [0.2, 0.25) is 0 Å². The molecule has 9 atom stereocenters. The summed E-state index contributed by atoms with van der Waals surface area (Å²) in [6.07, 6.45) is 10.9. The Bertz CT molecular complexity index is 2810. The number of nitrogens with zero attached hydrogens (tertiary/aromatic N) is 3. The van der Waals surface area contributed by atoms with Crippen LogP contribution < -0.4 is 20.2 Å². The van der Waals surface area contributed by atoms with Gasteiger partial charge < -0.3 is 48.2 Å². The Labute approximate surface area is 375 Å². The van der Waals surface area contributed by atoms with Crippen molar-refractivity contribution in [3.63, 3.8) is 0 Å². The number of anilines is 1. The van der Waals surface area contributed by atoms with Crippen molar-refractivity contribution >= 4 is 56.3 Å². The molecular weight excluding hydrogens is 837 g/mol. The summed E-state index contributed by atoms with van der Waals surface area (Å²) in [5.74, 6) is -5.55. The highest BCUT2D eigenvalue weighted by molar-refractivity contribution is 6.26. The Morgan fingerprint density at radius 2 is 1.77 bits per heavy atom. The number of phenols is 1. The van der Waals surface area contributed by atoms with Crippen LogP contribution >= 0.6 is 0 Å². The number of carbonyl (C=O) groups excluding carboxylic acids is 3. The third kappa shape index (κ3) is 8.84. The van der Waals surface area contributed by atoms with Crippen LogP contribution in [-0.4, -0.2) is 80.2 Å². The summed E-state index contributed by atoms with van der Waals surface area (Å²) in [6, 6.07) is 4.97. The second-order valence-electron chi connectivity index (χ2n) is 17.4. The number of aromatic hydroxyl groups is 1. The number of carbonyl (C=O) groups is 3. The van der Waals surface area contributed by atoms with Gasteiger partial charge in [-0.25, -0.2) is 9.97 Å². The number of allylic oxidation sites excluding steroid dienone is 2. The molecule has 3 N–H and O–H groups in total. The van der Waals surface area contributed by atoms with Crippen LogP contribution in [0.1, 0.15) is 71.3 Å². The van der Waals surface area contributed by atoms with E-state index >= 15 is 0 Å². The Morgan fingerprint density at radius 3 is 2.46 bits per heavy atom. The summed E-state index contributed by atoms with van der Waals surface area (Å²) in [6.45, 7) is 16.3. The molecule has 4 heterocycles. The molecule has 0 radical (unpaired) electrons. The van der Waals surface area contributed by atoms with Gasteiger partial charge >= 0.3 is 11.8 Å². The number of amides is 1. The number of fused-ring (bicyclic) bond motifs is 2. The van der Waals surface area contributed by atoms with E-state index in [1.54, 1.807) is 62.0 Å². The number of esters is 1. The summed E-state index contributed by atoms with van der Waals surface area (Å²) >= 11 is 0. The summed E-state index contributed by atoms with van der Waals surface area (Å²) < 4.78 is 38.5. The van der Waals surface area contributed by atoms with Gasteiger partial charge in [-0.3, -0.25) is 19.2 Å². The van der Waals surface area contributed by atoms with Gasteiger partial charge in [0.2, 0.25) is 0 Å². The number of phenolic OH excluding ortho intramolecular Hbond substituents is 1. The molecular formula is C49H56N4O12. The third-order valence-corrected chi connectivity index (χ3v) is 13.1. The summed E-state index contributed by atoms with van der Waals surface area (Å²) in [4.78, 5) is 64.5. The van der Waals surface area contributed by atoms with Crippen LogP contribution in [0.25, 0.3) is 33.0 Å². The lowest BCUT2D eigenvalue weighted by Gasteiger charge is -2.39. The number of ether oxygens (including phenoxy) is 5. The van der Waals surface area contributed by atoms with Crippen molar-refractivity contribution in [2.45, 2.75) is 93.0 Å². The number of Topliss-reactive ketones (excluding diaryl/α,β-unsaturated/α-hetero) is 1. The molecule has 1 amide bonds. The number of methoxy groups -OCH3 is 1. The molecule has 5 aromatic rings. The van der Waals surface area contributed by atoms with Crippen molar-refractivity contribution in [2.75, 3.05) is 19.0 Å². The maximum atomic E-state index is 14.7. The zero-order valence-electron chi connectivity index (χ0n) is 38.2. The lowest BCUT2D eigenvalue weighted by Crippen LogP contribution is -2.43. The number of aliphatic hydroxyl groups excluding tert-OH is 1. The quantitative estimate of drug-likeness (QED) is 0.0651. The van der Waals surface area contributed by atoms with E-state index in [1.807, 2.05) is 45.4 Å². The first-order valence-electron chi connectivity index (χ1n) is 21.7. The predicted octanol–water partition coefficient (Wildman–Crippen LogP) is 7.55. The molecule has 4 bridgehead atoms. The number of hydrogen-bond acceptors (Lipinski definition) is 14. The second kappa shape index (κ2) is 18.5. The third-order valence-electron chi connectivity index (χ3n) is 13.1. The fourth-order valence-electron chi connectivity index (χ4n) is 8.78. The smallest absolute Gasteiger partial charge is 0.312 e. The molecule has 0 fully saturated rings. The van der Waals surface area contributed by atoms with Gasteiger partial charge in [-0.1, -0.05) is 52.8 Å². The van der Waals surface area contributed by atoms with Gasteiger partial charge in [0.1, 0.15) is 40.9 Å². The van der Waals surface area contributed by atoms with Crippen LogP contribution in [0.3, 0.4) is 0 Å². The van der Waals surface area contributed by atoms with Gasteiger partial charge in [0, 0.05) is 67.8 Å². The molecule has 16 nitrogen and oxygen atoms in total. The SMILES string of the molecule is CO[C@H]1/C=C/O[C@@]2(C)Oc3c(C)c(=O)c4c(O)c(c5oc6cc(OCCn7ccnc7)ccc6nc5c4c3C2=O)NC(=O)/C(C)=C\C=C\[C@H](C)[C@H](O)[C@@H](C)[C@@H](C)[C@@H](C)[C@H](OC(C)=O)[C@@H]1C. The molecule has 0 saturated heterocycles. The van der Waals surface area contributed by atoms with Crippen LogP contribution in [0.4, 0.5) is 5.69 Å². The van der Waals surface area contributed by atoms with Crippen LogP contribution in [0.15, 0.2) is 82.3 Å². The number of benzene rings is 3. The van der Waals surface area contributed by atoms with E-state index in [-0.39, 0.29) is 79.3 Å². The highest BCUT2D eigenvalue weighted by Gasteiger charge is 2.49. The average molecular weight is 893 g/mol. The van der Waals surface area contributed by atoms with Gasteiger partial charge in [0.15, 0.2) is 22.3 Å². The van der Waals surface area contributed by atoms with Crippen LogP contribution in [0.5, 0.6) is 17.2 Å². The number of aromatic nitrogens is 3. The number of rotatable bonds is 6. The molecule has 65 heavy (non-hydrogen) atoms. The minimum absolute atomic E-state index is 0.00675. The summed E-state index contributed by atoms with van der Waals surface area (Å²) in [5.41, 5.74) is -0.409. The van der Waals surface area contributed by atoms with Crippen molar-refractivity contribution in [1.82, 2.24) is 14.5 Å². The normalized spacial score (nSPS) is 28.4. The first-order valence-corrected chi connectivity index (χ1v) is 21.7. The molecule has 2 aromatic heterocycles. The zero-order valence-corrected chi connectivity index (χ0v) is 38.2. The number of ketones is 1. The lowest BCUT2D eigenvalue weighted by molar-refractivity contribution is -0.157. The minimum atomic E-state index is -2.01. The van der Waals surface area contributed by atoms with Gasteiger partial charge in [-0.15, -0.1) is 0 Å². The molecule has 3 aromatic carbocycles. The number of imidazole rings is 1. The van der Waals surface area contributed by atoms with Crippen molar-refractivity contribution in [3.8, 4) is 17.2 Å². The largest absolute Gasteiger partial charge is 0.505 e. The van der Waals surface area contributed by atoms with E-state index in [1.165, 1.54) is 34.1 Å². The molecule has 0 spiro atoms. The van der Waals surface area contributed by atoms with E-state index in [9.17, 15) is 29.4 Å². The van der Waals surface area contributed by atoms with Gasteiger partial charge in [-0.2, -0.15) is 0 Å². The van der Waals surface area contributed by atoms with Gasteiger partial charge in [0.25, 0.3) is 11.7 Å². The monoisotopic (exact) mass is 892 g/mol. The molecule has 0 aliphatic carbocycles. The van der Waals surface area contributed by atoms with E-state index in [0.29, 0.717) is 24.4 Å². The molecule has 344 valence electrons. The summed E-state index contributed by atoms with van der Waals surface area (Å²) in [5, 5.41) is 26.1. The molecule has 0 unspecified atom stereocenters. The number of hydrogen-bond donors (Lipinski definition) is 3. The van der Waals surface area contributed by atoms with Crippen molar-refractivity contribution in [3.05, 3.63) is 94.4 Å². The second-order valence-corrected chi connectivity index (χ2v) is 17.4. The summed E-state index contributed by atoms with van der Waals surface area (Å²) in [7, 11) is 1.50. The average Bonchev–Trinajstić information content (AvgIpc) is 3.90. The maximum Gasteiger partial charge on any atom is 0.312 e. The van der Waals surface area contributed by atoms with Gasteiger partial charge in [-0.05, 0) is 49.8 Å². The predicted molar refractivity (Wildman–Crippen MR) is 243 cm³/mol. The Balaban J connectivity index is 1.41. The lowest BCUT2D eigenvalue weighted by atomic mass is 9.73. The van der Waals surface area contributed by atoms with Crippen LogP contribution in [0, 0.1) is 36.5 Å². The highest BCUT2D eigenvalue weighted by Crippen LogP contribution is 2.48. The first kappa shape index (κ1) is 46.5. The highest BCUT2D eigenvalue weighted by atomic mass is 16.7. The van der Waals surface area contributed by atoms with Crippen molar-refractivity contribution in [1.29, 1.82) is 0 Å². The standard InChI is InChI=1S/C49H56N4O12/c1-24-12-11-13-25(2)48(59)52-40-43(57)37-36(39-46(40)64-35-22-32(14-15-33(35)51-39)61-21-19-53-18-17-50-23-53)38-45(30(7)42(37)56)65-49(9,47(38)58)62-20-16-34(60-10)29(6)44(63-31(8)54)28(5)26(3)27(4)41(24)55/h11-18,20,22-24,26-29,34,41,44,55,57H,19,21H2,1-10H3,(H,52,59)/b12-11+,20-16+,25-13-/t24-,26+,27-,28+,29+,34-,41-,44-,49-/m0/s1.